The molecule has 1 aromatic heterocycles. The summed E-state index contributed by atoms with van der Waals surface area (Å²) in [6.07, 6.45) is 4.12. The van der Waals surface area contributed by atoms with Crippen LogP contribution in [0.5, 0.6) is 11.5 Å². The lowest BCUT2D eigenvalue weighted by atomic mass is 9.84. The topological polar surface area (TPSA) is 134 Å². The SMILES string of the molecule is COc1cc2c(N)nc(N3CCN(C(=O)C[C@@H]4C[C@@H]5CCCC[C@@H]5N4C(=O)O)CC3)nc2c(F)c1OC. The maximum atomic E-state index is 15.1. The Morgan fingerprint density at radius 1 is 1.14 bits per heavy atom. The largest absolute Gasteiger partial charge is 0.493 e. The molecule has 0 unspecified atom stereocenters. The van der Waals surface area contributed by atoms with Crippen molar-refractivity contribution in [1.82, 2.24) is 19.8 Å². The number of methoxy groups -OCH3 is 2. The van der Waals surface area contributed by atoms with Gasteiger partial charge >= 0.3 is 6.09 Å². The van der Waals surface area contributed by atoms with Crippen molar-refractivity contribution in [3.63, 3.8) is 0 Å². The average Bonchev–Trinajstić information content (AvgIpc) is 3.27. The molecule has 1 aliphatic carbocycles. The zero-order chi connectivity index (χ0) is 26.3. The number of amides is 2. The van der Waals surface area contributed by atoms with Gasteiger partial charge in [-0.15, -0.1) is 0 Å². The number of carbonyl (C=O) groups is 2. The van der Waals surface area contributed by atoms with E-state index in [1.807, 2.05) is 4.90 Å². The minimum Gasteiger partial charge on any atom is -0.493 e. The summed E-state index contributed by atoms with van der Waals surface area (Å²) in [4.78, 5) is 39.1. The Balaban J connectivity index is 1.27. The Kier molecular flexibility index (Phi) is 6.82. The molecule has 3 aliphatic rings. The minimum absolute atomic E-state index is 0.0371. The van der Waals surface area contributed by atoms with Crippen molar-refractivity contribution in [2.45, 2.75) is 50.6 Å². The summed E-state index contributed by atoms with van der Waals surface area (Å²) >= 11 is 0. The molecule has 2 amide bonds. The molecule has 0 bridgehead atoms. The predicted octanol–water partition coefficient (Wildman–Crippen LogP) is 2.72. The Labute approximate surface area is 214 Å². The number of aromatic nitrogens is 2. The number of anilines is 2. The zero-order valence-electron chi connectivity index (χ0n) is 21.2. The Bertz CT molecular complexity index is 1200. The number of nitrogens with zero attached hydrogens (tertiary/aromatic N) is 5. The van der Waals surface area contributed by atoms with Crippen LogP contribution in [0.1, 0.15) is 38.5 Å². The minimum atomic E-state index is -0.926. The molecule has 11 nitrogen and oxygen atoms in total. The second-order valence-electron chi connectivity index (χ2n) is 9.99. The van der Waals surface area contributed by atoms with Gasteiger partial charge < -0.3 is 35.0 Å². The number of nitrogens with two attached hydrogens (primary N) is 1. The van der Waals surface area contributed by atoms with Crippen LogP contribution in [0.4, 0.5) is 21.0 Å². The van der Waals surface area contributed by atoms with Crippen LogP contribution in [-0.2, 0) is 4.79 Å². The molecule has 1 saturated carbocycles. The molecule has 200 valence electrons. The van der Waals surface area contributed by atoms with Crippen LogP contribution in [0.2, 0.25) is 0 Å². The number of fused-ring (bicyclic) bond motifs is 2. The smallest absolute Gasteiger partial charge is 0.407 e. The number of ether oxygens (including phenoxy) is 2. The Morgan fingerprint density at radius 3 is 2.54 bits per heavy atom. The number of nitrogen functional groups attached to an aromatic ring is 1. The molecule has 3 heterocycles. The monoisotopic (exact) mass is 516 g/mol. The summed E-state index contributed by atoms with van der Waals surface area (Å²) in [5.74, 6) is 0.170. The molecule has 3 N–H and O–H groups in total. The molecule has 5 rings (SSSR count). The molecular weight excluding hydrogens is 483 g/mol. The van der Waals surface area contributed by atoms with Gasteiger partial charge in [0.05, 0.1) is 14.2 Å². The van der Waals surface area contributed by atoms with Crippen LogP contribution >= 0.6 is 0 Å². The summed E-state index contributed by atoms with van der Waals surface area (Å²) in [6.45, 7) is 1.76. The van der Waals surface area contributed by atoms with E-state index >= 15 is 4.39 Å². The maximum Gasteiger partial charge on any atom is 0.407 e. The van der Waals surface area contributed by atoms with Gasteiger partial charge in [-0.05, 0) is 31.2 Å². The highest BCUT2D eigenvalue weighted by molar-refractivity contribution is 5.92. The number of carbonyl (C=O) groups excluding carboxylic acids is 1. The third-order valence-electron chi connectivity index (χ3n) is 8.03. The number of benzene rings is 1. The van der Waals surface area contributed by atoms with E-state index in [4.69, 9.17) is 15.2 Å². The van der Waals surface area contributed by atoms with Crippen molar-refractivity contribution in [2.24, 2.45) is 5.92 Å². The van der Waals surface area contributed by atoms with Crippen LogP contribution in [0.15, 0.2) is 6.07 Å². The highest BCUT2D eigenvalue weighted by atomic mass is 19.1. The fourth-order valence-corrected chi connectivity index (χ4v) is 6.21. The van der Waals surface area contributed by atoms with Crippen LogP contribution in [0, 0.1) is 11.7 Å². The summed E-state index contributed by atoms with van der Waals surface area (Å²) in [7, 11) is 2.76. The molecule has 2 aromatic rings. The molecule has 37 heavy (non-hydrogen) atoms. The van der Waals surface area contributed by atoms with E-state index in [0.717, 1.165) is 32.1 Å². The first-order valence-corrected chi connectivity index (χ1v) is 12.7. The van der Waals surface area contributed by atoms with E-state index < -0.39 is 11.9 Å². The van der Waals surface area contributed by atoms with Crippen molar-refractivity contribution in [3.05, 3.63) is 11.9 Å². The molecule has 2 aliphatic heterocycles. The van der Waals surface area contributed by atoms with Gasteiger partial charge in [-0.25, -0.2) is 14.2 Å². The highest BCUT2D eigenvalue weighted by Crippen LogP contribution is 2.41. The normalized spacial score (nSPS) is 23.8. The van der Waals surface area contributed by atoms with E-state index in [2.05, 4.69) is 9.97 Å². The van der Waals surface area contributed by atoms with Crippen molar-refractivity contribution in [3.8, 4) is 11.5 Å². The lowest BCUT2D eigenvalue weighted by Gasteiger charge is -2.36. The first-order chi connectivity index (χ1) is 17.8. The number of carboxylic acid groups (broad SMARTS) is 1. The van der Waals surface area contributed by atoms with Crippen molar-refractivity contribution in [2.75, 3.05) is 51.0 Å². The van der Waals surface area contributed by atoms with Gasteiger partial charge in [-0.1, -0.05) is 12.8 Å². The molecule has 2 saturated heterocycles. The molecule has 0 radical (unpaired) electrons. The summed E-state index contributed by atoms with van der Waals surface area (Å²) in [5, 5.41) is 10.1. The van der Waals surface area contributed by atoms with Crippen LogP contribution < -0.4 is 20.1 Å². The fraction of sp³-hybridized carbons (Fsp3) is 0.600. The molecule has 1 aromatic carbocycles. The van der Waals surface area contributed by atoms with E-state index in [-0.39, 0.29) is 53.2 Å². The fourth-order valence-electron chi connectivity index (χ4n) is 6.21. The van der Waals surface area contributed by atoms with Crippen LogP contribution in [0.3, 0.4) is 0 Å². The second-order valence-corrected chi connectivity index (χ2v) is 9.99. The number of rotatable bonds is 5. The summed E-state index contributed by atoms with van der Waals surface area (Å²) < 4.78 is 25.5. The lowest BCUT2D eigenvalue weighted by molar-refractivity contribution is -0.132. The third kappa shape index (κ3) is 4.53. The number of likely N-dealkylation sites (tertiary alicyclic amines) is 1. The Hall–Kier alpha value is -3.57. The van der Waals surface area contributed by atoms with Gasteiger partial charge in [0.1, 0.15) is 11.3 Å². The maximum absolute atomic E-state index is 15.1. The van der Waals surface area contributed by atoms with E-state index in [1.165, 1.54) is 14.2 Å². The van der Waals surface area contributed by atoms with Gasteiger partial charge in [0.25, 0.3) is 0 Å². The second kappa shape index (κ2) is 10.1. The molecule has 0 spiro atoms. The van der Waals surface area contributed by atoms with Gasteiger partial charge in [-0.3, -0.25) is 4.79 Å². The number of hydrogen-bond donors (Lipinski definition) is 2. The van der Waals surface area contributed by atoms with Crippen molar-refractivity contribution in [1.29, 1.82) is 0 Å². The van der Waals surface area contributed by atoms with E-state index in [0.29, 0.717) is 37.5 Å². The van der Waals surface area contributed by atoms with Gasteiger partial charge in [0.15, 0.2) is 17.3 Å². The predicted molar refractivity (Wildman–Crippen MR) is 134 cm³/mol. The van der Waals surface area contributed by atoms with E-state index in [1.54, 1.807) is 15.9 Å². The molecule has 3 fully saturated rings. The summed E-state index contributed by atoms with van der Waals surface area (Å²) in [6, 6.07) is 1.32. The first-order valence-electron chi connectivity index (χ1n) is 12.7. The average molecular weight is 517 g/mol. The van der Waals surface area contributed by atoms with Crippen LogP contribution in [0.25, 0.3) is 10.9 Å². The molecule has 3 atom stereocenters. The van der Waals surface area contributed by atoms with Gasteiger partial charge in [0, 0.05) is 50.1 Å². The molecule has 12 heteroatoms. The standard InChI is InChI=1S/C25H33FN6O5/c1-36-18-13-16-21(20(26)22(18)37-2)28-24(29-23(16)27)31-9-7-30(8-10-31)19(33)12-15-11-14-5-3-4-6-17(14)32(15)25(34)35/h13-15,17H,3-12H2,1-2H3,(H,34,35)(H2,27,28,29)/t14-,15-,17-/m0/s1. The lowest BCUT2D eigenvalue weighted by Crippen LogP contribution is -2.51. The molecular formula is C25H33FN6O5. The van der Waals surface area contributed by atoms with Crippen LogP contribution in [-0.4, -0.2) is 89.4 Å². The third-order valence-corrected chi connectivity index (χ3v) is 8.03. The highest BCUT2D eigenvalue weighted by Gasteiger charge is 2.45. The number of hydrogen-bond acceptors (Lipinski definition) is 8. The first kappa shape index (κ1) is 25.1. The zero-order valence-corrected chi connectivity index (χ0v) is 21.2. The van der Waals surface area contributed by atoms with Crippen molar-refractivity contribution < 1.29 is 28.6 Å². The Morgan fingerprint density at radius 2 is 1.86 bits per heavy atom. The summed E-state index contributed by atoms with van der Waals surface area (Å²) in [5.41, 5.74) is 6.18. The quantitative estimate of drug-likeness (QED) is 0.615. The van der Waals surface area contributed by atoms with Crippen molar-refractivity contribution >= 4 is 34.7 Å². The number of halogens is 1. The van der Waals surface area contributed by atoms with Gasteiger partial charge in [-0.2, -0.15) is 4.98 Å². The van der Waals surface area contributed by atoms with E-state index in [9.17, 15) is 14.7 Å². The van der Waals surface area contributed by atoms with Gasteiger partial charge in [0.2, 0.25) is 11.9 Å². The number of piperazine rings is 1.